The van der Waals surface area contributed by atoms with Gasteiger partial charge in [-0.25, -0.2) is 0 Å². The summed E-state index contributed by atoms with van der Waals surface area (Å²) in [6.45, 7) is 1.68. The fourth-order valence-corrected chi connectivity index (χ4v) is 0.773. The molecule has 5 nitrogen and oxygen atoms in total. The van der Waals surface area contributed by atoms with Gasteiger partial charge in [0.05, 0.1) is 3.92 Å². The lowest BCUT2D eigenvalue weighted by Crippen LogP contribution is -2.25. The molecule has 1 atom stereocenters. The molecule has 6 heteroatoms. The summed E-state index contributed by atoms with van der Waals surface area (Å²) in [6.07, 6.45) is 0.876. The first kappa shape index (κ1) is 10.7. The zero-order valence-corrected chi connectivity index (χ0v) is 8.06. The fraction of sp³-hybridized carbons (Fsp3) is 0.800. The number of aldehydes is 1. The molecule has 0 aliphatic heterocycles. The smallest absolute Gasteiger partial charge is 0.134 e. The van der Waals surface area contributed by atoms with Gasteiger partial charge < -0.3 is 10.1 Å². The van der Waals surface area contributed by atoms with Crippen LogP contribution in [0.25, 0.3) is 10.4 Å². The molecule has 0 aromatic heterocycles. The lowest BCUT2D eigenvalue weighted by molar-refractivity contribution is -0.107. The first-order chi connectivity index (χ1) is 5.31. The van der Waals surface area contributed by atoms with Crippen LogP contribution in [0.4, 0.5) is 0 Å². The van der Waals surface area contributed by atoms with Crippen molar-refractivity contribution in [2.75, 3.05) is 19.6 Å². The van der Waals surface area contributed by atoms with Gasteiger partial charge in [0, 0.05) is 24.5 Å². The average molecular weight is 268 g/mol. The molecule has 0 rings (SSSR count). The van der Waals surface area contributed by atoms with E-state index in [4.69, 9.17) is 5.53 Å². The van der Waals surface area contributed by atoms with Crippen molar-refractivity contribution >= 4 is 28.9 Å². The van der Waals surface area contributed by atoms with Crippen molar-refractivity contribution < 1.29 is 4.79 Å². The van der Waals surface area contributed by atoms with Gasteiger partial charge in [-0.2, -0.15) is 0 Å². The minimum Gasteiger partial charge on any atom is -0.315 e. The summed E-state index contributed by atoms with van der Waals surface area (Å²) in [5, 5.41) is 6.29. The lowest BCUT2D eigenvalue weighted by Gasteiger charge is -2.01. The van der Waals surface area contributed by atoms with E-state index in [1.165, 1.54) is 0 Å². The number of hydrogen-bond acceptors (Lipinski definition) is 3. The largest absolute Gasteiger partial charge is 0.315 e. The molecule has 0 heterocycles. The number of halogens is 1. The molecular formula is C5H9IN4O. The van der Waals surface area contributed by atoms with Crippen molar-refractivity contribution in [3.8, 4) is 0 Å². The van der Waals surface area contributed by atoms with Crippen LogP contribution in [0.2, 0.25) is 0 Å². The summed E-state index contributed by atoms with van der Waals surface area (Å²) >= 11 is 2.03. The number of nitrogens with zero attached hydrogens (tertiary/aromatic N) is 3. The zero-order chi connectivity index (χ0) is 8.53. The Morgan fingerprint density at radius 3 is 3.09 bits per heavy atom. The Morgan fingerprint density at radius 2 is 2.55 bits per heavy atom. The second-order valence-electron chi connectivity index (χ2n) is 1.81. The summed E-state index contributed by atoms with van der Waals surface area (Å²) in [5.74, 6) is 0. The third-order valence-electron chi connectivity index (χ3n) is 0.939. The van der Waals surface area contributed by atoms with Crippen LogP contribution < -0.4 is 5.32 Å². The van der Waals surface area contributed by atoms with E-state index in [1.807, 2.05) is 22.6 Å². The lowest BCUT2D eigenvalue weighted by atomic mass is 10.4. The maximum absolute atomic E-state index is 10.1. The van der Waals surface area contributed by atoms with E-state index >= 15 is 0 Å². The summed E-state index contributed by atoms with van der Waals surface area (Å²) in [6, 6.07) is 0. The van der Waals surface area contributed by atoms with Crippen LogP contribution in [0.5, 0.6) is 0 Å². The molecule has 0 aromatic carbocycles. The highest BCUT2D eigenvalue weighted by Gasteiger charge is 1.97. The van der Waals surface area contributed by atoms with Crippen molar-refractivity contribution in [1.82, 2.24) is 5.32 Å². The molecule has 0 aliphatic carbocycles. The normalized spacial score (nSPS) is 11.7. The van der Waals surface area contributed by atoms with Crippen molar-refractivity contribution in [2.24, 2.45) is 5.11 Å². The molecule has 0 spiro atoms. The van der Waals surface area contributed by atoms with Crippen LogP contribution in [0.1, 0.15) is 0 Å². The Kier molecular flexibility index (Phi) is 7.54. The number of azide groups is 1. The molecule has 0 amide bonds. The number of hydrogen-bond donors (Lipinski definition) is 1. The van der Waals surface area contributed by atoms with Crippen LogP contribution in [0.15, 0.2) is 5.11 Å². The van der Waals surface area contributed by atoms with Crippen molar-refractivity contribution in [1.29, 1.82) is 0 Å². The number of nitrogens with one attached hydrogen (secondary N) is 1. The van der Waals surface area contributed by atoms with Crippen LogP contribution in [-0.2, 0) is 4.79 Å². The molecule has 0 saturated carbocycles. The number of alkyl halides is 1. The van der Waals surface area contributed by atoms with Gasteiger partial charge >= 0.3 is 0 Å². The molecule has 0 radical (unpaired) electrons. The maximum atomic E-state index is 10.1. The zero-order valence-electron chi connectivity index (χ0n) is 5.90. The Hall–Kier alpha value is -0.330. The summed E-state index contributed by atoms with van der Waals surface area (Å²) in [7, 11) is 0. The third-order valence-corrected chi connectivity index (χ3v) is 1.67. The maximum Gasteiger partial charge on any atom is 0.134 e. The van der Waals surface area contributed by atoms with E-state index in [-0.39, 0.29) is 3.92 Å². The van der Waals surface area contributed by atoms with E-state index in [1.54, 1.807) is 0 Å². The predicted molar refractivity (Wildman–Crippen MR) is 50.8 cm³/mol. The summed E-state index contributed by atoms with van der Waals surface area (Å²) < 4.78 is -0.00124. The molecule has 1 N–H and O–H groups in total. The monoisotopic (exact) mass is 268 g/mol. The van der Waals surface area contributed by atoms with E-state index in [0.29, 0.717) is 19.6 Å². The molecule has 11 heavy (non-hydrogen) atoms. The summed E-state index contributed by atoms with van der Waals surface area (Å²) in [4.78, 5) is 12.7. The van der Waals surface area contributed by atoms with Crippen molar-refractivity contribution in [2.45, 2.75) is 3.92 Å². The van der Waals surface area contributed by atoms with Gasteiger partial charge in [-0.15, -0.1) is 0 Å². The second-order valence-corrected chi connectivity index (χ2v) is 3.41. The number of carbonyl (C=O) groups excluding carboxylic acids is 1. The van der Waals surface area contributed by atoms with Gasteiger partial charge in [0.1, 0.15) is 6.29 Å². The quantitative estimate of drug-likeness (QED) is 0.148. The Morgan fingerprint density at radius 1 is 1.82 bits per heavy atom. The van der Waals surface area contributed by atoms with Crippen LogP contribution in [-0.4, -0.2) is 29.8 Å². The second kappa shape index (κ2) is 7.77. The Balaban J connectivity index is 3.13. The number of carbonyl (C=O) groups is 1. The molecule has 0 bridgehead atoms. The van der Waals surface area contributed by atoms with Gasteiger partial charge in [0.25, 0.3) is 0 Å². The number of rotatable bonds is 6. The van der Waals surface area contributed by atoms with Crippen LogP contribution >= 0.6 is 22.6 Å². The predicted octanol–water partition coefficient (Wildman–Crippen LogP) is 0.889. The molecule has 1 unspecified atom stereocenters. The van der Waals surface area contributed by atoms with Crippen molar-refractivity contribution in [3.05, 3.63) is 10.4 Å². The topological polar surface area (TPSA) is 77.9 Å². The van der Waals surface area contributed by atoms with Gasteiger partial charge in [0.15, 0.2) is 0 Å². The van der Waals surface area contributed by atoms with Crippen molar-refractivity contribution in [3.63, 3.8) is 0 Å². The summed E-state index contributed by atoms with van der Waals surface area (Å²) in [5.41, 5.74) is 7.89. The third kappa shape index (κ3) is 7.57. The first-order valence-electron chi connectivity index (χ1n) is 3.12. The van der Waals surface area contributed by atoms with Gasteiger partial charge in [-0.05, 0) is 5.53 Å². The molecule has 0 fully saturated rings. The molecule has 0 aliphatic rings. The van der Waals surface area contributed by atoms with Crippen LogP contribution in [0, 0.1) is 0 Å². The fourth-order valence-electron chi connectivity index (χ4n) is 0.462. The van der Waals surface area contributed by atoms with E-state index in [2.05, 4.69) is 15.3 Å². The molecule has 0 saturated heterocycles. The minimum atomic E-state index is -0.00124. The van der Waals surface area contributed by atoms with E-state index in [0.717, 1.165) is 6.29 Å². The molecule has 62 valence electrons. The average Bonchev–Trinajstić information content (AvgIpc) is 2.04. The Bertz CT molecular complexity index is 157. The van der Waals surface area contributed by atoms with E-state index < -0.39 is 0 Å². The molecule has 0 aromatic rings. The first-order valence-corrected chi connectivity index (χ1v) is 4.36. The van der Waals surface area contributed by atoms with Gasteiger partial charge in [-0.3, -0.25) is 0 Å². The highest BCUT2D eigenvalue weighted by molar-refractivity contribution is 14.1. The van der Waals surface area contributed by atoms with E-state index in [9.17, 15) is 4.79 Å². The highest BCUT2D eigenvalue weighted by Crippen LogP contribution is 1.92. The van der Waals surface area contributed by atoms with Gasteiger partial charge in [0.2, 0.25) is 0 Å². The molecular weight excluding hydrogens is 259 g/mol. The van der Waals surface area contributed by atoms with Crippen LogP contribution in [0.3, 0.4) is 0 Å². The standard InChI is InChI=1S/C5H9IN4O/c6-5(4-11)3-8-1-2-9-10-7/h4-5,8H,1-3H2. The minimum absolute atomic E-state index is 0.00124. The Labute approximate surface area is 78.3 Å². The highest BCUT2D eigenvalue weighted by atomic mass is 127. The SMILES string of the molecule is [N-]=[N+]=NCCNCC(I)C=O. The van der Waals surface area contributed by atoms with Gasteiger partial charge in [-0.1, -0.05) is 27.7 Å².